The van der Waals surface area contributed by atoms with Crippen molar-refractivity contribution in [1.29, 1.82) is 0 Å². The van der Waals surface area contributed by atoms with Crippen molar-refractivity contribution in [2.75, 3.05) is 40.4 Å². The second kappa shape index (κ2) is 10.8. The highest BCUT2D eigenvalue weighted by atomic mass is 16.5. The van der Waals surface area contributed by atoms with Crippen LogP contribution in [-0.2, 0) is 12.0 Å². The minimum atomic E-state index is -0.125. The standard InChI is InChI=1S/C31H36N2O3/c1-35-28-13-9-26(10-14-28)31(27-11-15-29(36-2)16-12-27)17-6-18-32(23-31)22-24-7-5-8-25(21-24)30(34)33-19-3-4-20-33/h5,7-16,21H,3-4,6,17-20,22-23H2,1-2H3. The van der Waals surface area contributed by atoms with Crippen LogP contribution in [0.1, 0.15) is 52.7 Å². The van der Waals surface area contributed by atoms with Gasteiger partial charge in [-0.05, 0) is 85.3 Å². The Morgan fingerprint density at radius 3 is 2.00 bits per heavy atom. The molecule has 0 spiro atoms. The van der Waals surface area contributed by atoms with Crippen molar-refractivity contribution >= 4 is 5.91 Å². The number of carbonyl (C=O) groups excluding carboxylic acids is 1. The summed E-state index contributed by atoms with van der Waals surface area (Å²) in [4.78, 5) is 17.5. The largest absolute Gasteiger partial charge is 0.497 e. The number of hydrogen-bond donors (Lipinski definition) is 0. The molecule has 2 heterocycles. The fourth-order valence-corrected chi connectivity index (χ4v) is 5.90. The summed E-state index contributed by atoms with van der Waals surface area (Å²) >= 11 is 0. The van der Waals surface area contributed by atoms with E-state index in [-0.39, 0.29) is 11.3 Å². The molecule has 0 aromatic heterocycles. The Morgan fingerprint density at radius 2 is 1.42 bits per heavy atom. The lowest BCUT2D eigenvalue weighted by molar-refractivity contribution is 0.0792. The van der Waals surface area contributed by atoms with Gasteiger partial charge in [0.15, 0.2) is 0 Å². The summed E-state index contributed by atoms with van der Waals surface area (Å²) in [5.74, 6) is 1.91. The maximum Gasteiger partial charge on any atom is 0.253 e. The number of ether oxygens (including phenoxy) is 2. The lowest BCUT2D eigenvalue weighted by Crippen LogP contribution is -2.46. The van der Waals surface area contributed by atoms with Crippen LogP contribution < -0.4 is 9.47 Å². The minimum absolute atomic E-state index is 0.125. The number of rotatable bonds is 7. The summed E-state index contributed by atoms with van der Waals surface area (Å²) in [6, 6.07) is 25.3. The Morgan fingerprint density at radius 1 is 0.806 bits per heavy atom. The fraction of sp³-hybridized carbons (Fsp3) is 0.387. The van der Waals surface area contributed by atoms with Crippen LogP contribution >= 0.6 is 0 Å². The normalized spacial score (nSPS) is 17.7. The van der Waals surface area contributed by atoms with Crippen molar-refractivity contribution in [3.05, 3.63) is 95.1 Å². The van der Waals surface area contributed by atoms with E-state index in [1.165, 1.54) is 16.7 Å². The Kier molecular flexibility index (Phi) is 7.28. The van der Waals surface area contributed by atoms with E-state index >= 15 is 0 Å². The number of likely N-dealkylation sites (tertiary alicyclic amines) is 2. The zero-order valence-corrected chi connectivity index (χ0v) is 21.4. The van der Waals surface area contributed by atoms with Gasteiger partial charge >= 0.3 is 0 Å². The van der Waals surface area contributed by atoms with Crippen molar-refractivity contribution in [1.82, 2.24) is 9.80 Å². The Balaban J connectivity index is 1.42. The molecule has 2 fully saturated rings. The molecular formula is C31H36N2O3. The summed E-state index contributed by atoms with van der Waals surface area (Å²) in [7, 11) is 3.42. The highest BCUT2D eigenvalue weighted by molar-refractivity contribution is 5.94. The second-order valence-corrected chi connectivity index (χ2v) is 10.1. The zero-order valence-electron chi connectivity index (χ0n) is 21.4. The summed E-state index contributed by atoms with van der Waals surface area (Å²) < 4.78 is 10.9. The van der Waals surface area contributed by atoms with Crippen LogP contribution in [0.2, 0.25) is 0 Å². The smallest absolute Gasteiger partial charge is 0.253 e. The zero-order chi connectivity index (χ0) is 25.0. The molecule has 2 saturated heterocycles. The lowest BCUT2D eigenvalue weighted by Gasteiger charge is -2.44. The molecule has 0 saturated carbocycles. The number of methoxy groups -OCH3 is 2. The van der Waals surface area contributed by atoms with Crippen LogP contribution in [0.15, 0.2) is 72.8 Å². The molecule has 0 radical (unpaired) electrons. The Labute approximate surface area is 214 Å². The first-order valence-corrected chi connectivity index (χ1v) is 13.0. The molecule has 188 valence electrons. The van der Waals surface area contributed by atoms with E-state index in [4.69, 9.17) is 9.47 Å². The molecule has 0 atom stereocenters. The third-order valence-electron chi connectivity index (χ3n) is 7.83. The quantitative estimate of drug-likeness (QED) is 0.443. The van der Waals surface area contributed by atoms with Crippen LogP contribution in [-0.4, -0.2) is 56.1 Å². The van der Waals surface area contributed by atoms with Gasteiger partial charge in [-0.3, -0.25) is 9.69 Å². The van der Waals surface area contributed by atoms with E-state index in [1.807, 2.05) is 17.0 Å². The molecular weight excluding hydrogens is 448 g/mol. The molecule has 2 aliphatic heterocycles. The molecule has 0 N–H and O–H groups in total. The number of hydrogen-bond acceptors (Lipinski definition) is 4. The third kappa shape index (κ3) is 4.98. The van der Waals surface area contributed by atoms with Gasteiger partial charge in [0.2, 0.25) is 0 Å². The van der Waals surface area contributed by atoms with Gasteiger partial charge in [0.05, 0.1) is 14.2 Å². The van der Waals surface area contributed by atoms with Gasteiger partial charge in [-0.1, -0.05) is 36.4 Å². The Bertz CT molecular complexity index is 1120. The van der Waals surface area contributed by atoms with Gasteiger partial charge in [-0.15, -0.1) is 0 Å². The van der Waals surface area contributed by atoms with E-state index < -0.39 is 0 Å². The number of carbonyl (C=O) groups is 1. The molecule has 0 bridgehead atoms. The highest BCUT2D eigenvalue weighted by Gasteiger charge is 2.39. The predicted molar refractivity (Wildman–Crippen MR) is 143 cm³/mol. The summed E-state index contributed by atoms with van der Waals surface area (Å²) in [6.45, 7) is 4.53. The van der Waals surface area contributed by atoms with E-state index in [0.29, 0.717) is 0 Å². The third-order valence-corrected chi connectivity index (χ3v) is 7.83. The topological polar surface area (TPSA) is 42.0 Å². The monoisotopic (exact) mass is 484 g/mol. The minimum Gasteiger partial charge on any atom is -0.497 e. The lowest BCUT2D eigenvalue weighted by atomic mass is 9.69. The van der Waals surface area contributed by atoms with Crippen molar-refractivity contribution in [3.8, 4) is 11.5 Å². The van der Waals surface area contributed by atoms with Gasteiger partial charge in [0.1, 0.15) is 11.5 Å². The average Bonchev–Trinajstić information content (AvgIpc) is 3.48. The van der Waals surface area contributed by atoms with Crippen molar-refractivity contribution < 1.29 is 14.3 Å². The molecule has 2 aliphatic rings. The fourth-order valence-electron chi connectivity index (χ4n) is 5.90. The average molecular weight is 485 g/mol. The van der Waals surface area contributed by atoms with Gasteiger partial charge in [-0.2, -0.15) is 0 Å². The second-order valence-electron chi connectivity index (χ2n) is 10.1. The van der Waals surface area contributed by atoms with E-state index in [1.54, 1.807) is 14.2 Å². The van der Waals surface area contributed by atoms with Crippen molar-refractivity contribution in [2.45, 2.75) is 37.6 Å². The van der Waals surface area contributed by atoms with Gasteiger partial charge in [0, 0.05) is 37.2 Å². The summed E-state index contributed by atoms with van der Waals surface area (Å²) in [5.41, 5.74) is 4.48. The van der Waals surface area contributed by atoms with Crippen LogP contribution in [0.3, 0.4) is 0 Å². The first kappa shape index (κ1) is 24.4. The molecule has 0 aliphatic carbocycles. The number of nitrogens with zero attached hydrogens (tertiary/aromatic N) is 2. The van der Waals surface area contributed by atoms with Crippen molar-refractivity contribution in [2.24, 2.45) is 0 Å². The predicted octanol–water partition coefficient (Wildman–Crippen LogP) is 5.52. The van der Waals surface area contributed by atoms with Gasteiger partial charge in [-0.25, -0.2) is 0 Å². The van der Waals surface area contributed by atoms with Crippen molar-refractivity contribution in [3.63, 3.8) is 0 Å². The highest BCUT2D eigenvalue weighted by Crippen LogP contribution is 2.42. The van der Waals surface area contributed by atoms with Crippen LogP contribution in [0, 0.1) is 0 Å². The van der Waals surface area contributed by atoms with E-state index in [2.05, 4.69) is 65.6 Å². The summed E-state index contributed by atoms with van der Waals surface area (Å²) in [6.07, 6.45) is 4.40. The number of benzene rings is 3. The van der Waals surface area contributed by atoms with E-state index in [9.17, 15) is 4.79 Å². The SMILES string of the molecule is COc1ccc(C2(c3ccc(OC)cc3)CCCN(Cc3cccc(C(=O)N4CCCC4)c3)C2)cc1. The maximum atomic E-state index is 13.0. The van der Waals surface area contributed by atoms with Gasteiger partial charge < -0.3 is 14.4 Å². The molecule has 36 heavy (non-hydrogen) atoms. The first-order chi connectivity index (χ1) is 17.6. The van der Waals surface area contributed by atoms with Gasteiger partial charge in [0.25, 0.3) is 5.91 Å². The first-order valence-electron chi connectivity index (χ1n) is 13.0. The summed E-state index contributed by atoms with van der Waals surface area (Å²) in [5, 5.41) is 0. The molecule has 0 unspecified atom stereocenters. The maximum absolute atomic E-state index is 13.0. The van der Waals surface area contributed by atoms with E-state index in [0.717, 1.165) is 75.5 Å². The number of piperidine rings is 1. The number of amides is 1. The van der Waals surface area contributed by atoms with Crippen LogP contribution in [0.25, 0.3) is 0 Å². The molecule has 5 rings (SSSR count). The molecule has 5 nitrogen and oxygen atoms in total. The van der Waals surface area contributed by atoms with Crippen LogP contribution in [0.5, 0.6) is 11.5 Å². The molecule has 3 aromatic rings. The Hall–Kier alpha value is -3.31. The molecule has 1 amide bonds. The molecule has 5 heteroatoms. The van der Waals surface area contributed by atoms with Crippen LogP contribution in [0.4, 0.5) is 0 Å². The molecule has 3 aromatic carbocycles.